The van der Waals surface area contributed by atoms with Crippen LogP contribution in [-0.2, 0) is 0 Å². The predicted molar refractivity (Wildman–Crippen MR) is 42.0 cm³/mol. The van der Waals surface area contributed by atoms with Gasteiger partial charge in [0.1, 0.15) is 0 Å². The molecule has 0 spiro atoms. The Morgan fingerprint density at radius 2 is 1.89 bits per heavy atom. The lowest BCUT2D eigenvalue weighted by molar-refractivity contribution is 0.399. The maximum absolute atomic E-state index is 5.77. The van der Waals surface area contributed by atoms with Gasteiger partial charge < -0.3 is 4.90 Å². The van der Waals surface area contributed by atoms with E-state index in [9.17, 15) is 0 Å². The van der Waals surface area contributed by atoms with E-state index in [0.29, 0.717) is 0 Å². The molecule has 1 aliphatic carbocycles. The van der Waals surface area contributed by atoms with E-state index >= 15 is 0 Å². The number of hydrogen-bond donors (Lipinski definition) is 1. The lowest BCUT2D eigenvalue weighted by Crippen LogP contribution is -2.12. The molecule has 0 aromatic carbocycles. The molecule has 0 saturated heterocycles. The van der Waals surface area contributed by atoms with Gasteiger partial charge in [0.2, 0.25) is 0 Å². The van der Waals surface area contributed by atoms with Crippen LogP contribution in [0.1, 0.15) is 12.8 Å². The summed E-state index contributed by atoms with van der Waals surface area (Å²) in [6.45, 7) is 0. The molecular weight excluding hydrogens is 132 g/mol. The zero-order chi connectivity index (χ0) is 7.28. The van der Waals surface area contributed by atoms with Gasteiger partial charge in [-0.3, -0.25) is 0 Å². The van der Waals surface area contributed by atoms with Gasteiger partial charge in [-0.05, 0) is 39.2 Å². The Kier molecular flexibility index (Phi) is 4.50. The first kappa shape index (κ1) is 8.76. The maximum atomic E-state index is 5.77. The van der Waals surface area contributed by atoms with Crippen LogP contribution in [0, 0.1) is 5.41 Å². The third-order valence-electron chi connectivity index (χ3n) is 1.28. The van der Waals surface area contributed by atoms with Gasteiger partial charge >= 0.3 is 0 Å². The van der Waals surface area contributed by atoms with Crippen molar-refractivity contribution in [3.8, 4) is 0 Å². The summed E-state index contributed by atoms with van der Waals surface area (Å²) < 4.78 is 0. The van der Waals surface area contributed by atoms with Crippen LogP contribution in [0.2, 0.25) is 0 Å². The average Bonchev–Trinajstić information content (AvgIpc) is 2.44. The topological polar surface area (TPSA) is 27.1 Å². The van der Waals surface area contributed by atoms with Crippen molar-refractivity contribution < 1.29 is 0 Å². The lowest BCUT2D eigenvalue weighted by atomic mass is 10.6. The molecular formula is C6H12N2S. The lowest BCUT2D eigenvalue weighted by Gasteiger charge is -2.03. The standard InChI is InChI=1S/C5H11N.CHNS/c1-6(2)5-3-4-5;2-1-3/h5H,3-4H2,1-2H3;2H. The summed E-state index contributed by atoms with van der Waals surface area (Å²) in [6.07, 6.45) is 2.85. The molecule has 0 heterocycles. The first-order chi connectivity index (χ1) is 4.22. The molecule has 0 unspecified atom stereocenters. The van der Waals surface area contributed by atoms with Gasteiger partial charge in [0.25, 0.3) is 0 Å². The molecule has 1 aliphatic rings. The van der Waals surface area contributed by atoms with Gasteiger partial charge in [-0.1, -0.05) is 0 Å². The first-order valence-electron chi connectivity index (χ1n) is 2.92. The van der Waals surface area contributed by atoms with E-state index < -0.39 is 0 Å². The fourth-order valence-electron chi connectivity index (χ4n) is 0.591. The molecule has 52 valence electrons. The number of nitrogens with one attached hydrogen (secondary N) is 1. The molecule has 0 amide bonds. The monoisotopic (exact) mass is 144 g/mol. The molecule has 0 radical (unpaired) electrons. The number of isothiocyanates is 1. The van der Waals surface area contributed by atoms with Crippen LogP contribution in [0.5, 0.6) is 0 Å². The van der Waals surface area contributed by atoms with Crippen molar-refractivity contribution in [3.63, 3.8) is 0 Å². The van der Waals surface area contributed by atoms with Crippen molar-refractivity contribution in [1.82, 2.24) is 4.90 Å². The highest BCUT2D eigenvalue weighted by atomic mass is 32.1. The molecule has 0 bridgehead atoms. The van der Waals surface area contributed by atoms with Gasteiger partial charge in [-0.25, -0.2) is 5.41 Å². The Labute approximate surface area is 61.4 Å². The van der Waals surface area contributed by atoms with E-state index in [4.69, 9.17) is 5.41 Å². The van der Waals surface area contributed by atoms with Crippen LogP contribution >= 0.6 is 12.2 Å². The fourth-order valence-corrected chi connectivity index (χ4v) is 0.591. The van der Waals surface area contributed by atoms with Crippen LogP contribution in [-0.4, -0.2) is 30.2 Å². The molecule has 1 fully saturated rings. The summed E-state index contributed by atoms with van der Waals surface area (Å²) in [6, 6.07) is 0.935. The SMILES string of the molecule is CN(C)C1CC1.N=C=S. The number of hydrogen-bond acceptors (Lipinski definition) is 3. The van der Waals surface area contributed by atoms with Gasteiger partial charge in [0.15, 0.2) is 0 Å². The summed E-state index contributed by atoms with van der Waals surface area (Å²) in [5, 5.41) is 7.36. The van der Waals surface area contributed by atoms with E-state index in [1.165, 1.54) is 12.8 Å². The van der Waals surface area contributed by atoms with Crippen molar-refractivity contribution in [1.29, 1.82) is 5.41 Å². The largest absolute Gasteiger partial charge is 0.306 e. The molecule has 2 nitrogen and oxygen atoms in total. The van der Waals surface area contributed by atoms with Crippen molar-refractivity contribution in [3.05, 3.63) is 0 Å². The summed E-state index contributed by atoms with van der Waals surface area (Å²) in [5.74, 6) is 0. The number of rotatable bonds is 1. The van der Waals surface area contributed by atoms with Crippen LogP contribution in [0.15, 0.2) is 0 Å². The third kappa shape index (κ3) is 5.63. The summed E-state index contributed by atoms with van der Waals surface area (Å²) in [4.78, 5) is 2.28. The van der Waals surface area contributed by atoms with Crippen LogP contribution < -0.4 is 0 Å². The van der Waals surface area contributed by atoms with E-state index in [1.54, 1.807) is 5.16 Å². The molecule has 1 N–H and O–H groups in total. The van der Waals surface area contributed by atoms with E-state index in [-0.39, 0.29) is 0 Å². The highest BCUT2D eigenvalue weighted by Gasteiger charge is 2.22. The zero-order valence-corrected chi connectivity index (χ0v) is 6.66. The van der Waals surface area contributed by atoms with Crippen molar-refractivity contribution in [2.45, 2.75) is 18.9 Å². The summed E-state index contributed by atoms with van der Waals surface area (Å²) in [7, 11) is 4.27. The van der Waals surface area contributed by atoms with Crippen LogP contribution in [0.4, 0.5) is 0 Å². The molecule has 0 aromatic rings. The minimum Gasteiger partial charge on any atom is -0.306 e. The molecule has 0 atom stereocenters. The average molecular weight is 144 g/mol. The third-order valence-corrected chi connectivity index (χ3v) is 1.28. The van der Waals surface area contributed by atoms with E-state index in [2.05, 4.69) is 31.2 Å². The smallest absolute Gasteiger partial charge is 0.0554 e. The highest BCUT2D eigenvalue weighted by Crippen LogP contribution is 2.23. The van der Waals surface area contributed by atoms with Crippen molar-refractivity contribution in [2.75, 3.05) is 14.1 Å². The summed E-state index contributed by atoms with van der Waals surface area (Å²) >= 11 is 3.81. The molecule has 0 aromatic heterocycles. The van der Waals surface area contributed by atoms with Crippen molar-refractivity contribution >= 4 is 17.4 Å². The van der Waals surface area contributed by atoms with Crippen LogP contribution in [0.3, 0.4) is 0 Å². The van der Waals surface area contributed by atoms with Gasteiger partial charge in [0.05, 0.1) is 5.16 Å². The zero-order valence-electron chi connectivity index (χ0n) is 5.85. The van der Waals surface area contributed by atoms with Gasteiger partial charge in [-0.15, -0.1) is 0 Å². The second-order valence-electron chi connectivity index (χ2n) is 2.30. The molecule has 3 heteroatoms. The minimum absolute atomic E-state index is 0.935. The summed E-state index contributed by atoms with van der Waals surface area (Å²) in [5.41, 5.74) is 0. The van der Waals surface area contributed by atoms with Gasteiger partial charge in [0, 0.05) is 6.04 Å². The van der Waals surface area contributed by atoms with Crippen molar-refractivity contribution in [2.24, 2.45) is 0 Å². The normalized spacial score (nSPS) is 15.9. The highest BCUT2D eigenvalue weighted by molar-refractivity contribution is 7.78. The number of thiocarbonyl (C=S) groups is 1. The second kappa shape index (κ2) is 4.62. The van der Waals surface area contributed by atoms with E-state index in [0.717, 1.165) is 6.04 Å². The Morgan fingerprint density at radius 3 is 1.89 bits per heavy atom. The molecule has 9 heavy (non-hydrogen) atoms. The Balaban J connectivity index is 0.000000187. The molecule has 1 saturated carbocycles. The minimum atomic E-state index is 0.935. The first-order valence-corrected chi connectivity index (χ1v) is 3.33. The number of nitrogens with zero attached hydrogens (tertiary/aromatic N) is 1. The Bertz CT molecular complexity index is 102. The quantitative estimate of drug-likeness (QED) is 0.444. The maximum Gasteiger partial charge on any atom is 0.0554 e. The Hall–Kier alpha value is -0.240. The van der Waals surface area contributed by atoms with Gasteiger partial charge in [-0.2, -0.15) is 0 Å². The fraction of sp³-hybridized carbons (Fsp3) is 0.833. The molecule has 1 rings (SSSR count). The Morgan fingerprint density at radius 1 is 1.56 bits per heavy atom. The van der Waals surface area contributed by atoms with E-state index in [1.807, 2.05) is 0 Å². The van der Waals surface area contributed by atoms with Crippen LogP contribution in [0.25, 0.3) is 0 Å². The predicted octanol–water partition coefficient (Wildman–Crippen LogP) is 1.38. The second-order valence-corrected chi connectivity index (χ2v) is 2.50. The molecule has 0 aliphatic heterocycles.